The van der Waals surface area contributed by atoms with Gasteiger partial charge in [0.25, 0.3) is 0 Å². The summed E-state index contributed by atoms with van der Waals surface area (Å²) < 4.78 is 5.30. The fourth-order valence-corrected chi connectivity index (χ4v) is 2.60. The van der Waals surface area contributed by atoms with Gasteiger partial charge in [0.1, 0.15) is 10.8 Å². The summed E-state index contributed by atoms with van der Waals surface area (Å²) in [6.45, 7) is 7.35. The third kappa shape index (κ3) is 3.98. The van der Waals surface area contributed by atoms with Crippen LogP contribution in [0.25, 0.3) is 10.6 Å². The normalized spacial score (nSPS) is 11.6. The van der Waals surface area contributed by atoms with Crippen molar-refractivity contribution < 1.29 is 4.74 Å². The molecule has 2 aromatic rings. The maximum Gasteiger partial charge on any atom is 0.151 e. The second-order valence-corrected chi connectivity index (χ2v) is 6.57. The SMILES string of the molecule is COc1cnccc1-c1nnc(CCNC(C)(C)C)s1. The Labute approximate surface area is 123 Å². The quantitative estimate of drug-likeness (QED) is 0.917. The third-order valence-corrected chi connectivity index (χ3v) is 3.71. The van der Waals surface area contributed by atoms with Crippen molar-refractivity contribution in [3.05, 3.63) is 23.5 Å². The summed E-state index contributed by atoms with van der Waals surface area (Å²) in [5, 5.41) is 13.8. The zero-order valence-corrected chi connectivity index (χ0v) is 13.1. The number of hydrogen-bond acceptors (Lipinski definition) is 6. The van der Waals surface area contributed by atoms with E-state index in [0.29, 0.717) is 0 Å². The molecule has 0 aliphatic carbocycles. The lowest BCUT2D eigenvalue weighted by Gasteiger charge is -2.19. The molecule has 0 aromatic carbocycles. The average molecular weight is 292 g/mol. The summed E-state index contributed by atoms with van der Waals surface area (Å²) in [5.41, 5.74) is 1.07. The molecule has 2 rings (SSSR count). The van der Waals surface area contributed by atoms with Gasteiger partial charge < -0.3 is 10.1 Å². The maximum absolute atomic E-state index is 5.30. The number of rotatable bonds is 5. The fraction of sp³-hybridized carbons (Fsp3) is 0.500. The maximum atomic E-state index is 5.30. The molecule has 0 spiro atoms. The van der Waals surface area contributed by atoms with E-state index in [2.05, 4.69) is 41.3 Å². The molecule has 0 unspecified atom stereocenters. The summed E-state index contributed by atoms with van der Waals surface area (Å²) in [5.74, 6) is 0.725. The number of aromatic nitrogens is 3. The molecular formula is C14H20N4OS. The van der Waals surface area contributed by atoms with Crippen LogP contribution in [0.15, 0.2) is 18.5 Å². The molecule has 0 fully saturated rings. The topological polar surface area (TPSA) is 59.9 Å². The molecule has 0 bridgehead atoms. The van der Waals surface area contributed by atoms with Gasteiger partial charge in [0.05, 0.1) is 18.9 Å². The van der Waals surface area contributed by atoms with Gasteiger partial charge in [0, 0.05) is 24.7 Å². The van der Waals surface area contributed by atoms with Crippen LogP contribution in [0, 0.1) is 0 Å². The highest BCUT2D eigenvalue weighted by molar-refractivity contribution is 7.14. The Hall–Kier alpha value is -1.53. The minimum Gasteiger partial charge on any atom is -0.494 e. The first-order valence-corrected chi connectivity index (χ1v) is 7.37. The molecule has 108 valence electrons. The van der Waals surface area contributed by atoms with Gasteiger partial charge in [0.2, 0.25) is 0 Å². The van der Waals surface area contributed by atoms with Crippen LogP contribution in [0.3, 0.4) is 0 Å². The van der Waals surface area contributed by atoms with Crippen LogP contribution < -0.4 is 10.1 Å². The summed E-state index contributed by atoms with van der Waals surface area (Å²) in [7, 11) is 1.63. The molecule has 0 saturated carbocycles. The van der Waals surface area contributed by atoms with Crippen LogP contribution in [0.2, 0.25) is 0 Å². The van der Waals surface area contributed by atoms with Gasteiger partial charge in [-0.25, -0.2) is 0 Å². The van der Waals surface area contributed by atoms with Crippen LogP contribution in [0.4, 0.5) is 0 Å². The van der Waals surface area contributed by atoms with E-state index < -0.39 is 0 Å². The Morgan fingerprint density at radius 2 is 2.10 bits per heavy atom. The zero-order valence-electron chi connectivity index (χ0n) is 12.3. The van der Waals surface area contributed by atoms with Gasteiger partial charge in [-0.3, -0.25) is 4.98 Å². The van der Waals surface area contributed by atoms with E-state index in [0.717, 1.165) is 34.3 Å². The van der Waals surface area contributed by atoms with E-state index in [1.54, 1.807) is 30.8 Å². The number of methoxy groups -OCH3 is 1. The molecule has 2 aromatic heterocycles. The number of hydrogen-bond donors (Lipinski definition) is 1. The third-order valence-electron chi connectivity index (χ3n) is 2.70. The Morgan fingerprint density at radius 3 is 2.80 bits per heavy atom. The van der Waals surface area contributed by atoms with Crippen molar-refractivity contribution in [2.75, 3.05) is 13.7 Å². The first kappa shape index (κ1) is 14.9. The Bertz CT molecular complexity index is 562. The van der Waals surface area contributed by atoms with E-state index in [1.165, 1.54) is 0 Å². The van der Waals surface area contributed by atoms with Gasteiger partial charge in [-0.1, -0.05) is 11.3 Å². The largest absolute Gasteiger partial charge is 0.494 e. The molecule has 1 N–H and O–H groups in total. The minimum absolute atomic E-state index is 0.127. The number of nitrogens with zero attached hydrogens (tertiary/aromatic N) is 3. The highest BCUT2D eigenvalue weighted by Gasteiger charge is 2.13. The van der Waals surface area contributed by atoms with Crippen LogP contribution in [0.5, 0.6) is 5.75 Å². The second kappa shape index (κ2) is 6.28. The molecule has 0 atom stereocenters. The van der Waals surface area contributed by atoms with E-state index in [-0.39, 0.29) is 5.54 Å². The summed E-state index contributed by atoms with van der Waals surface area (Å²) in [4.78, 5) is 4.05. The Morgan fingerprint density at radius 1 is 1.30 bits per heavy atom. The van der Waals surface area contributed by atoms with Crippen molar-refractivity contribution in [2.45, 2.75) is 32.7 Å². The Kier molecular flexibility index (Phi) is 4.67. The van der Waals surface area contributed by atoms with Crippen molar-refractivity contribution >= 4 is 11.3 Å². The standard InChI is InChI=1S/C14H20N4OS/c1-14(2,3)16-8-6-12-17-18-13(20-12)10-5-7-15-9-11(10)19-4/h5,7,9,16H,6,8H2,1-4H3. The lowest BCUT2D eigenvalue weighted by molar-refractivity contribution is 0.414. The van der Waals surface area contributed by atoms with Gasteiger partial charge in [0.15, 0.2) is 5.01 Å². The molecule has 0 saturated heterocycles. The second-order valence-electron chi connectivity index (χ2n) is 5.50. The van der Waals surface area contributed by atoms with Gasteiger partial charge in [-0.05, 0) is 26.8 Å². The lowest BCUT2D eigenvalue weighted by Crippen LogP contribution is -2.37. The molecule has 0 amide bonds. The van der Waals surface area contributed by atoms with Crippen LogP contribution in [-0.2, 0) is 6.42 Å². The molecule has 0 aliphatic rings. The van der Waals surface area contributed by atoms with Crippen molar-refractivity contribution in [3.63, 3.8) is 0 Å². The highest BCUT2D eigenvalue weighted by Crippen LogP contribution is 2.30. The van der Waals surface area contributed by atoms with Crippen LogP contribution >= 0.6 is 11.3 Å². The minimum atomic E-state index is 0.127. The average Bonchev–Trinajstić information content (AvgIpc) is 2.86. The predicted octanol–water partition coefficient (Wildman–Crippen LogP) is 2.54. The first-order chi connectivity index (χ1) is 9.49. The molecule has 0 radical (unpaired) electrons. The van der Waals surface area contributed by atoms with Crippen molar-refractivity contribution in [2.24, 2.45) is 0 Å². The van der Waals surface area contributed by atoms with Crippen LogP contribution in [0.1, 0.15) is 25.8 Å². The van der Waals surface area contributed by atoms with Crippen LogP contribution in [-0.4, -0.2) is 34.4 Å². The first-order valence-electron chi connectivity index (χ1n) is 6.55. The predicted molar refractivity (Wildman–Crippen MR) is 81.2 cm³/mol. The molecule has 0 aliphatic heterocycles. The number of pyridine rings is 1. The summed E-state index contributed by atoms with van der Waals surface area (Å²) >= 11 is 1.60. The smallest absolute Gasteiger partial charge is 0.151 e. The number of nitrogens with one attached hydrogen (secondary N) is 1. The van der Waals surface area contributed by atoms with E-state index in [1.807, 2.05) is 6.07 Å². The van der Waals surface area contributed by atoms with Gasteiger partial charge in [-0.2, -0.15) is 0 Å². The summed E-state index contributed by atoms with van der Waals surface area (Å²) in [6.07, 6.45) is 4.31. The molecular weight excluding hydrogens is 272 g/mol. The molecule has 20 heavy (non-hydrogen) atoms. The van der Waals surface area contributed by atoms with Crippen molar-refractivity contribution in [1.82, 2.24) is 20.5 Å². The lowest BCUT2D eigenvalue weighted by atomic mass is 10.1. The van der Waals surface area contributed by atoms with E-state index in [9.17, 15) is 0 Å². The Balaban J connectivity index is 2.05. The molecule has 5 nitrogen and oxygen atoms in total. The highest BCUT2D eigenvalue weighted by atomic mass is 32.1. The van der Waals surface area contributed by atoms with Crippen molar-refractivity contribution in [3.8, 4) is 16.3 Å². The molecule has 2 heterocycles. The van der Waals surface area contributed by atoms with E-state index in [4.69, 9.17) is 4.74 Å². The molecule has 6 heteroatoms. The fourth-order valence-electron chi connectivity index (χ4n) is 1.73. The van der Waals surface area contributed by atoms with Gasteiger partial charge in [-0.15, -0.1) is 10.2 Å². The van der Waals surface area contributed by atoms with Gasteiger partial charge >= 0.3 is 0 Å². The summed E-state index contributed by atoms with van der Waals surface area (Å²) in [6, 6.07) is 1.90. The van der Waals surface area contributed by atoms with E-state index >= 15 is 0 Å². The zero-order chi connectivity index (χ0) is 14.6. The monoisotopic (exact) mass is 292 g/mol. The number of ether oxygens (including phenoxy) is 1. The van der Waals surface area contributed by atoms with Crippen molar-refractivity contribution in [1.29, 1.82) is 0 Å².